The van der Waals surface area contributed by atoms with E-state index in [2.05, 4.69) is 0 Å². The lowest BCUT2D eigenvalue weighted by Gasteiger charge is -2.07. The van der Waals surface area contributed by atoms with Crippen LogP contribution in [0.5, 0.6) is 5.75 Å². The highest BCUT2D eigenvalue weighted by Crippen LogP contribution is 2.37. The van der Waals surface area contributed by atoms with E-state index in [1.807, 2.05) is 36.4 Å². The summed E-state index contributed by atoms with van der Waals surface area (Å²) in [6.45, 7) is 0. The summed E-state index contributed by atoms with van der Waals surface area (Å²) in [6, 6.07) is 13.3. The summed E-state index contributed by atoms with van der Waals surface area (Å²) in [6.07, 6.45) is 2.48. The van der Waals surface area contributed by atoms with Gasteiger partial charge in [-0.15, -0.1) is 0 Å². The first kappa shape index (κ1) is 12.5. The summed E-state index contributed by atoms with van der Waals surface area (Å²) >= 11 is 0. The van der Waals surface area contributed by atoms with Gasteiger partial charge in [-0.05, 0) is 29.3 Å². The van der Waals surface area contributed by atoms with E-state index in [4.69, 9.17) is 10.5 Å². The zero-order valence-electron chi connectivity index (χ0n) is 11.2. The molecular formula is C17H15NO2. The molecule has 0 spiro atoms. The van der Waals surface area contributed by atoms with Crippen molar-refractivity contribution in [2.75, 3.05) is 12.8 Å². The number of fused-ring (bicyclic) bond motifs is 1. The van der Waals surface area contributed by atoms with Crippen LogP contribution in [-0.2, 0) is 6.42 Å². The van der Waals surface area contributed by atoms with Gasteiger partial charge in [0.2, 0.25) is 0 Å². The van der Waals surface area contributed by atoms with E-state index in [-0.39, 0.29) is 5.78 Å². The van der Waals surface area contributed by atoms with Crippen LogP contribution in [0.4, 0.5) is 5.69 Å². The van der Waals surface area contributed by atoms with Crippen molar-refractivity contribution in [3.8, 4) is 5.75 Å². The Bertz CT molecular complexity index is 702. The number of Topliss-reactive ketones (excluding diaryl/α,β-unsaturated/α-hetero) is 1. The number of ketones is 1. The number of hydrogen-bond acceptors (Lipinski definition) is 3. The quantitative estimate of drug-likeness (QED) is 0.670. The number of benzene rings is 2. The molecule has 0 aliphatic heterocycles. The minimum atomic E-state index is 0.00741. The fourth-order valence-corrected chi connectivity index (χ4v) is 2.55. The van der Waals surface area contributed by atoms with Crippen molar-refractivity contribution < 1.29 is 9.53 Å². The number of hydrogen-bond donors (Lipinski definition) is 1. The third-order valence-corrected chi connectivity index (χ3v) is 3.56. The molecule has 3 heteroatoms. The highest BCUT2D eigenvalue weighted by molar-refractivity contribution is 6.18. The Morgan fingerprint density at radius 3 is 2.60 bits per heavy atom. The highest BCUT2D eigenvalue weighted by Gasteiger charge is 2.30. The van der Waals surface area contributed by atoms with Gasteiger partial charge in [-0.25, -0.2) is 0 Å². The number of anilines is 1. The van der Waals surface area contributed by atoms with Crippen LogP contribution in [0.3, 0.4) is 0 Å². The molecule has 3 rings (SSSR count). The molecule has 0 saturated carbocycles. The lowest BCUT2D eigenvalue weighted by Crippen LogP contribution is -2.00. The third-order valence-electron chi connectivity index (χ3n) is 3.56. The molecule has 0 heterocycles. The minimum Gasteiger partial charge on any atom is -0.496 e. The standard InChI is InChI=1S/C17H15NO2/c1-20-15-8-7-14(18)13-10-12(17(19)16(13)15)9-11-5-3-2-4-6-11/h2-9H,10,18H2,1H3/b12-9+. The molecule has 1 aliphatic carbocycles. The summed E-state index contributed by atoms with van der Waals surface area (Å²) in [5, 5.41) is 0. The minimum absolute atomic E-state index is 0.00741. The molecular weight excluding hydrogens is 250 g/mol. The highest BCUT2D eigenvalue weighted by atomic mass is 16.5. The van der Waals surface area contributed by atoms with E-state index in [9.17, 15) is 4.79 Å². The van der Waals surface area contributed by atoms with Gasteiger partial charge in [-0.1, -0.05) is 30.3 Å². The van der Waals surface area contributed by atoms with Crippen LogP contribution >= 0.6 is 0 Å². The number of rotatable bonds is 2. The number of carbonyl (C=O) groups is 1. The second-order valence-corrected chi connectivity index (χ2v) is 4.80. The predicted molar refractivity (Wildman–Crippen MR) is 79.9 cm³/mol. The van der Waals surface area contributed by atoms with Crippen molar-refractivity contribution in [1.82, 2.24) is 0 Å². The van der Waals surface area contributed by atoms with Crippen LogP contribution in [-0.4, -0.2) is 12.9 Å². The van der Waals surface area contributed by atoms with Gasteiger partial charge in [-0.3, -0.25) is 4.79 Å². The summed E-state index contributed by atoms with van der Waals surface area (Å²) in [5.74, 6) is 0.601. The molecule has 20 heavy (non-hydrogen) atoms. The first-order valence-electron chi connectivity index (χ1n) is 6.46. The second-order valence-electron chi connectivity index (χ2n) is 4.80. The van der Waals surface area contributed by atoms with Gasteiger partial charge in [0.1, 0.15) is 5.75 Å². The summed E-state index contributed by atoms with van der Waals surface area (Å²) < 4.78 is 5.28. The van der Waals surface area contributed by atoms with Crippen molar-refractivity contribution in [3.63, 3.8) is 0 Å². The summed E-state index contributed by atoms with van der Waals surface area (Å²) in [7, 11) is 1.57. The van der Waals surface area contributed by atoms with Gasteiger partial charge < -0.3 is 10.5 Å². The fourth-order valence-electron chi connectivity index (χ4n) is 2.55. The normalized spacial score (nSPS) is 15.4. The molecule has 1 aliphatic rings. The molecule has 2 aromatic rings. The number of methoxy groups -OCH3 is 1. The van der Waals surface area contributed by atoms with Crippen LogP contribution in [0, 0.1) is 0 Å². The molecule has 2 N–H and O–H groups in total. The maximum Gasteiger partial charge on any atom is 0.193 e. The molecule has 2 aromatic carbocycles. The average molecular weight is 265 g/mol. The van der Waals surface area contributed by atoms with Gasteiger partial charge in [0.15, 0.2) is 5.78 Å². The zero-order chi connectivity index (χ0) is 14.1. The van der Waals surface area contributed by atoms with E-state index in [1.165, 1.54) is 0 Å². The Morgan fingerprint density at radius 1 is 1.15 bits per heavy atom. The molecule has 0 aromatic heterocycles. The van der Waals surface area contributed by atoms with Gasteiger partial charge in [0, 0.05) is 17.7 Å². The number of carbonyl (C=O) groups excluding carboxylic acids is 1. The summed E-state index contributed by atoms with van der Waals surface area (Å²) in [4.78, 5) is 12.5. The monoisotopic (exact) mass is 265 g/mol. The van der Waals surface area contributed by atoms with E-state index >= 15 is 0 Å². The molecule has 0 fully saturated rings. The van der Waals surface area contributed by atoms with Crippen LogP contribution in [0.15, 0.2) is 48.0 Å². The molecule has 0 amide bonds. The smallest absolute Gasteiger partial charge is 0.193 e. The Balaban J connectivity index is 2.07. The van der Waals surface area contributed by atoms with Crippen LogP contribution in [0.2, 0.25) is 0 Å². The zero-order valence-corrected chi connectivity index (χ0v) is 11.2. The van der Waals surface area contributed by atoms with Gasteiger partial charge in [0.25, 0.3) is 0 Å². The number of nitrogen functional groups attached to an aromatic ring is 1. The molecule has 3 nitrogen and oxygen atoms in total. The van der Waals surface area contributed by atoms with Crippen LogP contribution in [0.1, 0.15) is 21.5 Å². The van der Waals surface area contributed by atoms with Gasteiger partial charge >= 0.3 is 0 Å². The lowest BCUT2D eigenvalue weighted by atomic mass is 10.1. The lowest BCUT2D eigenvalue weighted by molar-refractivity contribution is 0.103. The Kier molecular flexibility index (Phi) is 3.03. The third kappa shape index (κ3) is 1.97. The van der Waals surface area contributed by atoms with Gasteiger partial charge in [0.05, 0.1) is 12.7 Å². The van der Waals surface area contributed by atoms with Crippen molar-refractivity contribution in [2.24, 2.45) is 0 Å². The molecule has 100 valence electrons. The van der Waals surface area contributed by atoms with E-state index < -0.39 is 0 Å². The first-order valence-corrected chi connectivity index (χ1v) is 6.46. The van der Waals surface area contributed by atoms with Crippen molar-refractivity contribution in [1.29, 1.82) is 0 Å². The summed E-state index contributed by atoms with van der Waals surface area (Å²) in [5.41, 5.74) is 9.87. The van der Waals surface area contributed by atoms with Crippen molar-refractivity contribution in [3.05, 3.63) is 64.7 Å². The molecule has 0 unspecified atom stereocenters. The van der Waals surface area contributed by atoms with E-state index in [0.717, 1.165) is 16.7 Å². The maximum atomic E-state index is 12.5. The van der Waals surface area contributed by atoms with Crippen molar-refractivity contribution in [2.45, 2.75) is 6.42 Å². The Morgan fingerprint density at radius 2 is 1.90 bits per heavy atom. The average Bonchev–Trinajstić information content (AvgIpc) is 2.79. The molecule has 0 bridgehead atoms. The van der Waals surface area contributed by atoms with E-state index in [1.54, 1.807) is 19.2 Å². The predicted octanol–water partition coefficient (Wildman–Crippen LogP) is 3.10. The SMILES string of the molecule is COc1ccc(N)c2c1C(=O)/C(=C/c1ccccc1)C2. The molecule has 0 atom stereocenters. The topological polar surface area (TPSA) is 52.3 Å². The first-order chi connectivity index (χ1) is 9.70. The fraction of sp³-hybridized carbons (Fsp3) is 0.118. The maximum absolute atomic E-state index is 12.5. The Hall–Kier alpha value is -2.55. The van der Waals surface area contributed by atoms with Crippen LogP contribution in [0.25, 0.3) is 6.08 Å². The molecule has 0 radical (unpaired) electrons. The largest absolute Gasteiger partial charge is 0.496 e. The number of allylic oxidation sites excluding steroid dienone is 1. The van der Waals surface area contributed by atoms with Crippen LogP contribution < -0.4 is 10.5 Å². The Labute approximate surface area is 117 Å². The van der Waals surface area contributed by atoms with E-state index in [0.29, 0.717) is 23.4 Å². The van der Waals surface area contributed by atoms with Crippen molar-refractivity contribution >= 4 is 17.5 Å². The number of ether oxygens (including phenoxy) is 1. The molecule has 0 saturated heterocycles. The second kappa shape index (κ2) is 4.85. The van der Waals surface area contributed by atoms with Gasteiger partial charge in [-0.2, -0.15) is 0 Å². The number of nitrogens with two attached hydrogens (primary N) is 1.